The van der Waals surface area contributed by atoms with Crippen molar-refractivity contribution < 1.29 is 4.74 Å². The van der Waals surface area contributed by atoms with Crippen LogP contribution in [0.25, 0.3) is 0 Å². The highest BCUT2D eigenvalue weighted by molar-refractivity contribution is 6.29. The van der Waals surface area contributed by atoms with E-state index in [4.69, 9.17) is 16.3 Å². The summed E-state index contributed by atoms with van der Waals surface area (Å²) in [5.74, 6) is 0.958. The Kier molecular flexibility index (Phi) is 4.07. The molecule has 0 aromatic carbocycles. The lowest BCUT2D eigenvalue weighted by atomic mass is 10.2. The van der Waals surface area contributed by atoms with Crippen LogP contribution < -0.4 is 5.32 Å². The number of imidazole rings is 1. The lowest BCUT2D eigenvalue weighted by Gasteiger charge is -2.35. The van der Waals surface area contributed by atoms with E-state index in [1.807, 2.05) is 11.6 Å². The molecule has 106 valence electrons. The van der Waals surface area contributed by atoms with E-state index in [9.17, 15) is 0 Å². The van der Waals surface area contributed by atoms with Crippen molar-refractivity contribution in [2.75, 3.05) is 26.2 Å². The van der Waals surface area contributed by atoms with Gasteiger partial charge in [-0.05, 0) is 19.4 Å². The zero-order valence-electron chi connectivity index (χ0n) is 11.3. The molecule has 5 nitrogen and oxygen atoms in total. The molecule has 3 rings (SSSR count). The van der Waals surface area contributed by atoms with Gasteiger partial charge in [0.15, 0.2) is 0 Å². The van der Waals surface area contributed by atoms with Crippen LogP contribution in [-0.4, -0.2) is 52.8 Å². The van der Waals surface area contributed by atoms with Gasteiger partial charge in [0.25, 0.3) is 0 Å². The molecule has 6 heteroatoms. The third-order valence-electron chi connectivity index (χ3n) is 4.14. The van der Waals surface area contributed by atoms with Gasteiger partial charge in [-0.3, -0.25) is 4.90 Å². The first-order valence-corrected chi connectivity index (χ1v) is 7.34. The van der Waals surface area contributed by atoms with Crippen molar-refractivity contribution >= 4 is 11.6 Å². The molecule has 2 aliphatic heterocycles. The maximum Gasteiger partial charge on any atom is 0.128 e. The second-order valence-corrected chi connectivity index (χ2v) is 5.82. The SMILES string of the molecule is Cn1c(Cl)cnc1CNCC1CN2CCCC2CO1. The third-order valence-corrected chi connectivity index (χ3v) is 4.50. The summed E-state index contributed by atoms with van der Waals surface area (Å²) in [6.45, 7) is 4.78. The van der Waals surface area contributed by atoms with Gasteiger partial charge in [-0.2, -0.15) is 0 Å². The first-order chi connectivity index (χ1) is 9.24. The molecule has 0 bridgehead atoms. The molecule has 0 spiro atoms. The second-order valence-electron chi connectivity index (χ2n) is 5.43. The van der Waals surface area contributed by atoms with Crippen molar-refractivity contribution in [3.63, 3.8) is 0 Å². The predicted molar refractivity (Wildman–Crippen MR) is 74.3 cm³/mol. The fourth-order valence-corrected chi connectivity index (χ4v) is 3.09. The molecular formula is C13H21ClN4O. The topological polar surface area (TPSA) is 42.3 Å². The lowest BCUT2D eigenvalue weighted by molar-refractivity contribution is -0.0471. The second kappa shape index (κ2) is 5.79. The molecule has 2 aliphatic rings. The molecule has 1 N–H and O–H groups in total. The molecule has 1 aromatic heterocycles. The van der Waals surface area contributed by atoms with Gasteiger partial charge in [0, 0.05) is 26.2 Å². The van der Waals surface area contributed by atoms with Gasteiger partial charge >= 0.3 is 0 Å². The highest BCUT2D eigenvalue weighted by atomic mass is 35.5. The number of rotatable bonds is 4. The van der Waals surface area contributed by atoms with E-state index in [0.717, 1.165) is 32.1 Å². The third kappa shape index (κ3) is 2.94. The zero-order valence-corrected chi connectivity index (χ0v) is 12.1. The largest absolute Gasteiger partial charge is 0.374 e. The van der Waals surface area contributed by atoms with Crippen LogP contribution in [0, 0.1) is 0 Å². The van der Waals surface area contributed by atoms with E-state index in [-0.39, 0.29) is 0 Å². The van der Waals surface area contributed by atoms with E-state index in [2.05, 4.69) is 15.2 Å². The van der Waals surface area contributed by atoms with Gasteiger partial charge in [-0.1, -0.05) is 11.6 Å². The monoisotopic (exact) mass is 284 g/mol. The summed E-state index contributed by atoms with van der Waals surface area (Å²) in [5, 5.41) is 4.08. The molecule has 19 heavy (non-hydrogen) atoms. The minimum atomic E-state index is 0.296. The number of morpholine rings is 1. The molecular weight excluding hydrogens is 264 g/mol. The maximum atomic E-state index is 5.96. The van der Waals surface area contributed by atoms with Crippen LogP contribution in [0.4, 0.5) is 0 Å². The standard InChI is InChI=1S/C13H21ClN4O/c1-17-12(14)6-16-13(17)7-15-5-11-8-18-4-2-3-10(18)9-19-11/h6,10-11,15H,2-5,7-9H2,1H3. The van der Waals surface area contributed by atoms with Crippen LogP contribution in [0.2, 0.25) is 5.15 Å². The molecule has 0 aliphatic carbocycles. The van der Waals surface area contributed by atoms with Crippen molar-refractivity contribution in [1.29, 1.82) is 0 Å². The summed E-state index contributed by atoms with van der Waals surface area (Å²) in [5.41, 5.74) is 0. The quantitative estimate of drug-likeness (QED) is 0.897. The summed E-state index contributed by atoms with van der Waals surface area (Å²) in [4.78, 5) is 6.83. The smallest absolute Gasteiger partial charge is 0.128 e. The van der Waals surface area contributed by atoms with E-state index in [1.165, 1.54) is 19.4 Å². The minimum Gasteiger partial charge on any atom is -0.374 e. The van der Waals surface area contributed by atoms with Crippen LogP contribution in [0.3, 0.4) is 0 Å². The Labute approximate surface area is 118 Å². The van der Waals surface area contributed by atoms with Crippen molar-refractivity contribution in [3.05, 3.63) is 17.2 Å². The molecule has 2 atom stereocenters. The molecule has 0 amide bonds. The van der Waals surface area contributed by atoms with Crippen molar-refractivity contribution in [2.24, 2.45) is 7.05 Å². The summed E-state index contributed by atoms with van der Waals surface area (Å²) in [6, 6.07) is 0.671. The highest BCUT2D eigenvalue weighted by Crippen LogP contribution is 2.22. The zero-order chi connectivity index (χ0) is 13.2. The van der Waals surface area contributed by atoms with E-state index in [1.54, 1.807) is 6.20 Å². The van der Waals surface area contributed by atoms with E-state index in [0.29, 0.717) is 17.3 Å². The van der Waals surface area contributed by atoms with Gasteiger partial charge in [0.2, 0.25) is 0 Å². The Balaban J connectivity index is 1.44. The Hall–Kier alpha value is -0.620. The minimum absolute atomic E-state index is 0.296. The average Bonchev–Trinajstić information content (AvgIpc) is 2.99. The van der Waals surface area contributed by atoms with Gasteiger partial charge < -0.3 is 14.6 Å². The number of aromatic nitrogens is 2. The number of hydrogen-bond acceptors (Lipinski definition) is 4. The van der Waals surface area contributed by atoms with Crippen LogP contribution in [0.5, 0.6) is 0 Å². The molecule has 0 saturated carbocycles. The molecule has 2 saturated heterocycles. The number of ether oxygens (including phenoxy) is 1. The number of hydrogen-bond donors (Lipinski definition) is 1. The lowest BCUT2D eigenvalue weighted by Crippen LogP contribution is -2.49. The Morgan fingerprint density at radius 3 is 3.26 bits per heavy atom. The summed E-state index contributed by atoms with van der Waals surface area (Å²) in [7, 11) is 1.93. The predicted octanol–water partition coefficient (Wildman–Crippen LogP) is 1.03. The first kappa shape index (κ1) is 13.4. The molecule has 2 fully saturated rings. The summed E-state index contributed by atoms with van der Waals surface area (Å²) < 4.78 is 7.80. The molecule has 3 heterocycles. The molecule has 1 aromatic rings. The first-order valence-electron chi connectivity index (χ1n) is 6.96. The Morgan fingerprint density at radius 1 is 1.58 bits per heavy atom. The van der Waals surface area contributed by atoms with Gasteiger partial charge in [-0.25, -0.2) is 4.98 Å². The Bertz CT molecular complexity index is 436. The summed E-state index contributed by atoms with van der Waals surface area (Å²) >= 11 is 5.96. The number of nitrogens with zero attached hydrogens (tertiary/aromatic N) is 3. The Morgan fingerprint density at radius 2 is 2.47 bits per heavy atom. The van der Waals surface area contributed by atoms with Crippen molar-refractivity contribution in [2.45, 2.75) is 31.5 Å². The fourth-order valence-electron chi connectivity index (χ4n) is 2.94. The van der Waals surface area contributed by atoms with Crippen molar-refractivity contribution in [3.8, 4) is 0 Å². The van der Waals surface area contributed by atoms with Crippen LogP contribution in [-0.2, 0) is 18.3 Å². The number of nitrogens with one attached hydrogen (secondary N) is 1. The number of halogens is 1. The highest BCUT2D eigenvalue weighted by Gasteiger charge is 2.31. The van der Waals surface area contributed by atoms with Crippen LogP contribution in [0.15, 0.2) is 6.20 Å². The normalized spacial score (nSPS) is 27.7. The summed E-state index contributed by atoms with van der Waals surface area (Å²) in [6.07, 6.45) is 4.60. The fraction of sp³-hybridized carbons (Fsp3) is 0.769. The molecule has 0 radical (unpaired) electrons. The van der Waals surface area contributed by atoms with Crippen molar-refractivity contribution in [1.82, 2.24) is 19.8 Å². The number of fused-ring (bicyclic) bond motifs is 1. The van der Waals surface area contributed by atoms with E-state index < -0.39 is 0 Å². The molecule has 2 unspecified atom stereocenters. The van der Waals surface area contributed by atoms with Gasteiger partial charge in [0.1, 0.15) is 11.0 Å². The average molecular weight is 285 g/mol. The van der Waals surface area contributed by atoms with Crippen LogP contribution >= 0.6 is 11.6 Å². The maximum absolute atomic E-state index is 5.96. The van der Waals surface area contributed by atoms with Crippen LogP contribution in [0.1, 0.15) is 18.7 Å². The van der Waals surface area contributed by atoms with E-state index >= 15 is 0 Å². The van der Waals surface area contributed by atoms with Gasteiger partial charge in [-0.15, -0.1) is 0 Å². The van der Waals surface area contributed by atoms with Gasteiger partial charge in [0.05, 0.1) is 25.5 Å².